The largest absolute Gasteiger partial charge is 0.491 e. The summed E-state index contributed by atoms with van der Waals surface area (Å²) in [6, 6.07) is 17.5. The minimum absolute atomic E-state index is 0.109. The number of hydrogen-bond acceptors (Lipinski definition) is 12. The second-order valence-electron chi connectivity index (χ2n) is 17.6. The number of carbonyl (C=O) groups excluding carboxylic acids is 2. The molecule has 0 bridgehead atoms. The van der Waals surface area contributed by atoms with Gasteiger partial charge in [-0.3, -0.25) is 19.4 Å². The average Bonchev–Trinajstić information content (AvgIpc) is 3.62. The number of nitrogens with zero attached hydrogens (tertiary/aromatic N) is 4. The van der Waals surface area contributed by atoms with Gasteiger partial charge in [-0.25, -0.2) is 18.8 Å². The number of aliphatic imine (C=N–C) groups is 2. The smallest absolute Gasteiger partial charge is 0.484 e. The molecular formula is C46H48BBr3F2N6O8. The first-order valence-corrected chi connectivity index (χ1v) is 23.6. The number of ether oxygens (including phenoxy) is 4. The Morgan fingerprint density at radius 2 is 1.17 bits per heavy atom. The highest BCUT2D eigenvalue weighted by molar-refractivity contribution is 9.11. The van der Waals surface area contributed by atoms with E-state index in [0.29, 0.717) is 76.5 Å². The summed E-state index contributed by atoms with van der Waals surface area (Å²) in [5, 5.41) is 17.5. The standard InChI is InChI=1S/C23H23BrFN3O3.C16H18BrN3O3.C7H7BBrFO2/c1-13-8-15(24)10-16(19(13)25)14-4-5-18-17(9-14)23(20(29)28(2)21(26)27-23)11-22(31-18)6-3-7-30-12-22;1-20-13(21)16(19-14(20)18)8-15(5-2-6-22-9-15)23-12-4-3-10(17)7-11(12)16;1-4-2-5(9)3-6(7(4)10)8(11)12/h4-5,8-10H,3,6-7,11-12H2,1-2H3,(H2,26,27);3-4,7H,2,5-6,8-9H2,1H3,(H2,18,19);2-3,11-12H,1H3. The molecule has 66 heavy (non-hydrogen) atoms. The quantitative estimate of drug-likeness (QED) is 0.168. The first-order valence-electron chi connectivity index (χ1n) is 21.3. The summed E-state index contributed by atoms with van der Waals surface area (Å²) < 4.78 is 54.4. The molecule has 4 unspecified atom stereocenters. The molecule has 10 rings (SSSR count). The number of amides is 2. The number of fused-ring (bicyclic) bond motifs is 4. The minimum Gasteiger partial charge on any atom is -0.484 e. The molecule has 0 aliphatic carbocycles. The third-order valence-corrected chi connectivity index (χ3v) is 14.3. The first kappa shape index (κ1) is 48.0. The van der Waals surface area contributed by atoms with E-state index in [2.05, 4.69) is 57.8 Å². The predicted octanol–water partition coefficient (Wildman–Crippen LogP) is 6.22. The van der Waals surface area contributed by atoms with Crippen LogP contribution in [0.15, 0.2) is 84.1 Å². The normalized spacial score (nSPS) is 26.2. The molecule has 6 heterocycles. The van der Waals surface area contributed by atoms with E-state index in [1.165, 1.54) is 15.9 Å². The number of halogens is 5. The molecule has 2 fully saturated rings. The van der Waals surface area contributed by atoms with Crippen LogP contribution in [0.2, 0.25) is 0 Å². The molecule has 6 N–H and O–H groups in total. The van der Waals surface area contributed by atoms with Crippen molar-refractivity contribution in [2.24, 2.45) is 21.5 Å². The summed E-state index contributed by atoms with van der Waals surface area (Å²) in [5.74, 6) is 0.467. The molecule has 0 aromatic heterocycles. The molecule has 14 nitrogen and oxygen atoms in total. The topological polar surface area (TPSA) is 195 Å². The zero-order chi connectivity index (χ0) is 47.5. The predicted molar refractivity (Wildman–Crippen MR) is 255 cm³/mol. The van der Waals surface area contributed by atoms with E-state index >= 15 is 0 Å². The van der Waals surface area contributed by atoms with E-state index < -0.39 is 35.2 Å². The van der Waals surface area contributed by atoms with E-state index in [9.17, 15) is 18.4 Å². The van der Waals surface area contributed by atoms with Crippen molar-refractivity contribution in [3.63, 3.8) is 0 Å². The van der Waals surface area contributed by atoms with Gasteiger partial charge in [-0.1, -0.05) is 53.9 Å². The van der Waals surface area contributed by atoms with Gasteiger partial charge >= 0.3 is 7.12 Å². The van der Waals surface area contributed by atoms with Gasteiger partial charge in [0.15, 0.2) is 23.0 Å². The van der Waals surface area contributed by atoms with Gasteiger partial charge in [0.25, 0.3) is 11.8 Å². The Hall–Kier alpha value is -4.44. The van der Waals surface area contributed by atoms with Crippen molar-refractivity contribution in [2.45, 2.75) is 74.7 Å². The van der Waals surface area contributed by atoms with Gasteiger partial charge in [-0.05, 0) is 111 Å². The molecular weight excluding hydrogens is 1050 g/mol. The Labute approximate surface area is 406 Å². The monoisotopic (exact) mass is 1100 g/mol. The summed E-state index contributed by atoms with van der Waals surface area (Å²) >= 11 is 10.0. The van der Waals surface area contributed by atoms with Crippen LogP contribution < -0.4 is 26.4 Å². The number of carbonyl (C=O) groups is 2. The lowest BCUT2D eigenvalue weighted by atomic mass is 9.74. The molecule has 4 aromatic carbocycles. The summed E-state index contributed by atoms with van der Waals surface area (Å²) in [7, 11) is 1.52. The zero-order valence-corrected chi connectivity index (χ0v) is 41.4. The highest BCUT2D eigenvalue weighted by Crippen LogP contribution is 2.53. The summed E-state index contributed by atoms with van der Waals surface area (Å²) in [4.78, 5) is 38.5. The van der Waals surface area contributed by atoms with E-state index in [1.54, 1.807) is 52.2 Å². The second kappa shape index (κ2) is 18.2. The van der Waals surface area contributed by atoms with Gasteiger partial charge in [0.05, 0.1) is 13.2 Å². The van der Waals surface area contributed by atoms with Crippen LogP contribution in [0.3, 0.4) is 0 Å². The Bertz CT molecular complexity index is 2680. The fourth-order valence-electron chi connectivity index (χ4n) is 9.63. The van der Waals surface area contributed by atoms with Crippen LogP contribution in [0.5, 0.6) is 11.5 Å². The lowest BCUT2D eigenvalue weighted by molar-refractivity contribution is -0.139. The lowest BCUT2D eigenvalue weighted by Crippen LogP contribution is -2.55. The lowest BCUT2D eigenvalue weighted by Gasteiger charge is -2.46. The van der Waals surface area contributed by atoms with E-state index in [1.807, 2.05) is 30.3 Å². The van der Waals surface area contributed by atoms with Crippen LogP contribution in [0.4, 0.5) is 8.78 Å². The van der Waals surface area contributed by atoms with Crippen molar-refractivity contribution in [3.8, 4) is 22.6 Å². The van der Waals surface area contributed by atoms with Crippen LogP contribution in [-0.4, -0.2) is 102 Å². The molecule has 6 aliphatic heterocycles. The SMILES string of the molecule is CN1C(=O)C2(CC3(CCCOC3)Oc3ccc(Br)cc32)N=C1N.Cc1cc(Br)cc(-c2ccc3c(c2)C2(CC4(CCCOC4)O3)N=C(N)N(C)C2=O)c1F.Cc1cc(Br)cc(B(O)O)c1F. The third-order valence-electron chi connectivity index (χ3n) is 12.9. The van der Waals surface area contributed by atoms with Crippen LogP contribution >= 0.6 is 47.8 Å². The number of guanidine groups is 2. The van der Waals surface area contributed by atoms with Crippen molar-refractivity contribution in [1.29, 1.82) is 0 Å². The summed E-state index contributed by atoms with van der Waals surface area (Å²) in [6.45, 7) is 5.54. The maximum absolute atomic E-state index is 15.0. The Balaban J connectivity index is 0.000000148. The van der Waals surface area contributed by atoms with E-state index in [-0.39, 0.29) is 35.0 Å². The van der Waals surface area contributed by atoms with Gasteiger partial charge in [0.2, 0.25) is 0 Å². The third kappa shape index (κ3) is 8.66. The average molecular weight is 1100 g/mol. The van der Waals surface area contributed by atoms with Crippen LogP contribution in [0, 0.1) is 25.5 Å². The molecule has 0 radical (unpaired) electrons. The Morgan fingerprint density at radius 1 is 0.682 bits per heavy atom. The fraction of sp³-hybridized carbons (Fsp3) is 0.391. The number of hydrogen-bond donors (Lipinski definition) is 4. The van der Waals surface area contributed by atoms with Gasteiger partial charge < -0.3 is 40.5 Å². The fourth-order valence-corrected chi connectivity index (χ4v) is 11.2. The molecule has 4 atom stereocenters. The van der Waals surface area contributed by atoms with Gasteiger partial charge in [0.1, 0.15) is 34.3 Å². The molecule has 20 heteroatoms. The number of benzene rings is 4. The molecule has 0 saturated carbocycles. The molecule has 4 spiro atoms. The highest BCUT2D eigenvalue weighted by Gasteiger charge is 2.60. The maximum Gasteiger partial charge on any atom is 0.491 e. The van der Waals surface area contributed by atoms with Crippen LogP contribution in [0.25, 0.3) is 11.1 Å². The number of likely N-dealkylation sites (N-methyl/N-ethyl adjacent to an activating group) is 2. The van der Waals surface area contributed by atoms with Gasteiger partial charge in [-0.2, -0.15) is 0 Å². The Morgan fingerprint density at radius 3 is 1.64 bits per heavy atom. The Kier molecular flexibility index (Phi) is 13.3. The van der Waals surface area contributed by atoms with Gasteiger partial charge in [0, 0.05) is 75.7 Å². The molecule has 348 valence electrons. The second-order valence-corrected chi connectivity index (χ2v) is 20.3. The van der Waals surface area contributed by atoms with Crippen LogP contribution in [0.1, 0.15) is 60.8 Å². The van der Waals surface area contributed by atoms with Crippen molar-refractivity contribution in [2.75, 3.05) is 40.5 Å². The minimum atomic E-state index is -1.76. The number of nitrogens with two attached hydrogens (primary N) is 2. The number of rotatable bonds is 2. The molecule has 2 amide bonds. The van der Waals surface area contributed by atoms with Crippen LogP contribution in [-0.2, 0) is 30.1 Å². The van der Waals surface area contributed by atoms with E-state index in [4.69, 9.17) is 40.5 Å². The van der Waals surface area contributed by atoms with Crippen molar-refractivity contribution in [1.82, 2.24) is 9.80 Å². The molecule has 4 aromatic rings. The number of aryl methyl sites for hydroxylation is 2. The van der Waals surface area contributed by atoms with E-state index in [0.717, 1.165) is 46.8 Å². The van der Waals surface area contributed by atoms with Crippen molar-refractivity contribution < 1.29 is 47.4 Å². The van der Waals surface area contributed by atoms with Crippen molar-refractivity contribution in [3.05, 3.63) is 108 Å². The highest BCUT2D eigenvalue weighted by atomic mass is 79.9. The first-order chi connectivity index (χ1) is 31.2. The molecule has 6 aliphatic rings. The van der Waals surface area contributed by atoms with Gasteiger partial charge in [-0.15, -0.1) is 0 Å². The zero-order valence-electron chi connectivity index (χ0n) is 36.6. The summed E-state index contributed by atoms with van der Waals surface area (Å²) in [6.07, 6.45) is 4.15. The molecule has 2 saturated heterocycles. The van der Waals surface area contributed by atoms with Crippen molar-refractivity contribution >= 4 is 84.1 Å². The summed E-state index contributed by atoms with van der Waals surface area (Å²) in [5.41, 5.74) is 11.9. The maximum atomic E-state index is 15.0.